The van der Waals surface area contributed by atoms with Gasteiger partial charge in [0.05, 0.1) is 12.1 Å². The Morgan fingerprint density at radius 3 is 2.68 bits per heavy atom. The van der Waals surface area contributed by atoms with Crippen molar-refractivity contribution < 1.29 is 0 Å². The van der Waals surface area contributed by atoms with E-state index in [1.54, 1.807) is 0 Å². The molecule has 0 aliphatic carbocycles. The molecule has 1 unspecified atom stereocenters. The van der Waals surface area contributed by atoms with Crippen LogP contribution >= 0.6 is 0 Å². The number of nitrogens with one attached hydrogen (secondary N) is 1. The molecule has 3 aromatic rings. The zero-order chi connectivity index (χ0) is 17.1. The Kier molecular flexibility index (Phi) is 4.32. The second kappa shape index (κ2) is 6.76. The van der Waals surface area contributed by atoms with Crippen LogP contribution in [-0.2, 0) is 18.5 Å². The summed E-state index contributed by atoms with van der Waals surface area (Å²) in [6.07, 6.45) is 3.10. The van der Waals surface area contributed by atoms with Crippen molar-refractivity contribution in [3.63, 3.8) is 0 Å². The number of hydrogen-bond acceptors (Lipinski definition) is 4. The van der Waals surface area contributed by atoms with E-state index in [1.807, 2.05) is 10.7 Å². The van der Waals surface area contributed by atoms with Crippen LogP contribution in [0.2, 0.25) is 0 Å². The summed E-state index contributed by atoms with van der Waals surface area (Å²) in [6, 6.07) is 19.1. The Hall–Kier alpha value is -2.53. The van der Waals surface area contributed by atoms with E-state index in [9.17, 15) is 0 Å². The molecule has 128 valence electrons. The average Bonchev–Trinajstić information content (AvgIpc) is 3.26. The van der Waals surface area contributed by atoms with Crippen LogP contribution in [0.4, 0.5) is 0 Å². The molecule has 2 heterocycles. The lowest BCUT2D eigenvalue weighted by Crippen LogP contribution is -2.42. The molecular weight excluding hydrogens is 310 g/mol. The molecule has 1 saturated heterocycles. The van der Waals surface area contributed by atoms with Gasteiger partial charge in [-0.2, -0.15) is 0 Å². The fourth-order valence-electron chi connectivity index (χ4n) is 3.81. The lowest BCUT2D eigenvalue weighted by molar-refractivity contribution is 0.343. The van der Waals surface area contributed by atoms with Crippen molar-refractivity contribution in [2.75, 3.05) is 6.54 Å². The Morgan fingerprint density at radius 1 is 1.08 bits per heavy atom. The summed E-state index contributed by atoms with van der Waals surface area (Å²) in [5, 5.41) is 16.4. The third-order valence-electron chi connectivity index (χ3n) is 4.97. The Morgan fingerprint density at radius 2 is 1.92 bits per heavy atom. The summed E-state index contributed by atoms with van der Waals surface area (Å²) in [4.78, 5) is 0. The van der Waals surface area contributed by atoms with E-state index in [2.05, 4.69) is 76.3 Å². The van der Waals surface area contributed by atoms with E-state index in [0.29, 0.717) is 6.54 Å². The minimum atomic E-state index is -0.188. The SMILES string of the molecule is Cc1cccc(CC2(c3nnnn3Cc3ccccc3)CCCN2)c1. The Labute approximate surface area is 148 Å². The monoisotopic (exact) mass is 333 g/mol. The second-order valence-corrected chi connectivity index (χ2v) is 6.92. The predicted molar refractivity (Wildman–Crippen MR) is 97.2 cm³/mol. The quantitative estimate of drug-likeness (QED) is 0.780. The van der Waals surface area contributed by atoms with Crippen molar-refractivity contribution in [1.82, 2.24) is 25.5 Å². The average molecular weight is 333 g/mol. The van der Waals surface area contributed by atoms with Crippen molar-refractivity contribution in [2.45, 2.75) is 38.3 Å². The van der Waals surface area contributed by atoms with Crippen LogP contribution in [0.1, 0.15) is 35.4 Å². The number of aryl methyl sites for hydroxylation is 1. The molecule has 0 radical (unpaired) electrons. The smallest absolute Gasteiger partial charge is 0.172 e. The fraction of sp³-hybridized carbons (Fsp3) is 0.350. The summed E-state index contributed by atoms with van der Waals surface area (Å²) in [7, 11) is 0. The van der Waals surface area contributed by atoms with Crippen LogP contribution in [0.3, 0.4) is 0 Å². The van der Waals surface area contributed by atoms with E-state index < -0.39 is 0 Å². The fourth-order valence-corrected chi connectivity index (χ4v) is 3.81. The molecule has 2 aromatic carbocycles. The van der Waals surface area contributed by atoms with Crippen LogP contribution in [0.5, 0.6) is 0 Å². The molecule has 4 rings (SSSR count). The molecule has 5 heteroatoms. The molecule has 1 atom stereocenters. The maximum Gasteiger partial charge on any atom is 0.172 e. The lowest BCUT2D eigenvalue weighted by atomic mass is 9.88. The standard InChI is InChI=1S/C20H23N5/c1-16-7-5-10-18(13-16)14-20(11-6-12-21-20)19-22-23-24-25(19)15-17-8-3-2-4-9-17/h2-5,7-10,13,21H,6,11-12,14-15H2,1H3. The van der Waals surface area contributed by atoms with E-state index in [4.69, 9.17) is 0 Å². The number of tetrazole rings is 1. The van der Waals surface area contributed by atoms with Gasteiger partial charge in [-0.25, -0.2) is 4.68 Å². The molecule has 0 amide bonds. The molecule has 25 heavy (non-hydrogen) atoms. The van der Waals surface area contributed by atoms with Gasteiger partial charge in [0.25, 0.3) is 0 Å². The van der Waals surface area contributed by atoms with Crippen molar-refractivity contribution >= 4 is 0 Å². The molecule has 5 nitrogen and oxygen atoms in total. The topological polar surface area (TPSA) is 55.6 Å². The van der Waals surface area contributed by atoms with Gasteiger partial charge in [0.15, 0.2) is 5.82 Å². The molecule has 1 fully saturated rings. The highest BCUT2D eigenvalue weighted by molar-refractivity contribution is 5.26. The van der Waals surface area contributed by atoms with Crippen LogP contribution in [0.15, 0.2) is 54.6 Å². The first-order valence-electron chi connectivity index (χ1n) is 8.86. The molecule has 0 spiro atoms. The molecule has 0 bridgehead atoms. The number of rotatable bonds is 5. The van der Waals surface area contributed by atoms with Crippen LogP contribution in [0.25, 0.3) is 0 Å². The summed E-state index contributed by atoms with van der Waals surface area (Å²) < 4.78 is 1.95. The third kappa shape index (κ3) is 3.33. The van der Waals surface area contributed by atoms with Gasteiger partial charge in [-0.05, 0) is 54.3 Å². The van der Waals surface area contributed by atoms with Gasteiger partial charge in [0.1, 0.15) is 0 Å². The van der Waals surface area contributed by atoms with Gasteiger partial charge in [-0.3, -0.25) is 0 Å². The molecule has 1 aromatic heterocycles. The number of benzene rings is 2. The normalized spacial score (nSPS) is 20.0. The lowest BCUT2D eigenvalue weighted by Gasteiger charge is -2.28. The maximum atomic E-state index is 4.42. The first-order valence-corrected chi connectivity index (χ1v) is 8.86. The van der Waals surface area contributed by atoms with Crippen molar-refractivity contribution in [1.29, 1.82) is 0 Å². The zero-order valence-electron chi connectivity index (χ0n) is 14.5. The summed E-state index contributed by atoms with van der Waals surface area (Å²) >= 11 is 0. The number of hydrogen-bond donors (Lipinski definition) is 1. The zero-order valence-corrected chi connectivity index (χ0v) is 14.5. The summed E-state index contributed by atoms with van der Waals surface area (Å²) in [5.41, 5.74) is 3.63. The summed E-state index contributed by atoms with van der Waals surface area (Å²) in [5.74, 6) is 0.940. The van der Waals surface area contributed by atoms with Crippen LogP contribution in [0, 0.1) is 6.92 Å². The minimum absolute atomic E-state index is 0.188. The van der Waals surface area contributed by atoms with Crippen LogP contribution < -0.4 is 5.32 Å². The first kappa shape index (κ1) is 16.0. The predicted octanol–water partition coefficient (Wildman–Crippen LogP) is 2.85. The van der Waals surface area contributed by atoms with Crippen molar-refractivity contribution in [2.24, 2.45) is 0 Å². The van der Waals surface area contributed by atoms with E-state index in [1.165, 1.54) is 16.7 Å². The third-order valence-corrected chi connectivity index (χ3v) is 4.97. The van der Waals surface area contributed by atoms with Crippen LogP contribution in [-0.4, -0.2) is 26.8 Å². The maximum absolute atomic E-state index is 4.42. The highest BCUT2D eigenvalue weighted by Gasteiger charge is 2.40. The van der Waals surface area contributed by atoms with Crippen molar-refractivity contribution in [3.05, 3.63) is 77.1 Å². The Bertz CT molecular complexity index is 834. The first-order chi connectivity index (χ1) is 12.3. The summed E-state index contributed by atoms with van der Waals surface area (Å²) in [6.45, 7) is 3.84. The van der Waals surface area contributed by atoms with Gasteiger partial charge >= 0.3 is 0 Å². The molecule has 1 aliphatic rings. The number of aromatic nitrogens is 4. The van der Waals surface area contributed by atoms with Crippen molar-refractivity contribution in [3.8, 4) is 0 Å². The molecule has 1 N–H and O–H groups in total. The Balaban J connectivity index is 1.66. The highest BCUT2D eigenvalue weighted by Crippen LogP contribution is 2.33. The van der Waals surface area contributed by atoms with E-state index >= 15 is 0 Å². The molecule has 1 aliphatic heterocycles. The molecule has 0 saturated carbocycles. The minimum Gasteiger partial charge on any atom is -0.304 e. The van der Waals surface area contributed by atoms with Gasteiger partial charge in [0.2, 0.25) is 0 Å². The van der Waals surface area contributed by atoms with Gasteiger partial charge in [0, 0.05) is 0 Å². The van der Waals surface area contributed by atoms with Gasteiger partial charge < -0.3 is 5.32 Å². The number of nitrogens with zero attached hydrogens (tertiary/aromatic N) is 4. The second-order valence-electron chi connectivity index (χ2n) is 6.92. The van der Waals surface area contributed by atoms with Gasteiger partial charge in [-0.15, -0.1) is 5.10 Å². The van der Waals surface area contributed by atoms with E-state index in [-0.39, 0.29) is 5.54 Å². The van der Waals surface area contributed by atoms with E-state index in [0.717, 1.165) is 31.6 Å². The largest absolute Gasteiger partial charge is 0.304 e. The van der Waals surface area contributed by atoms with Gasteiger partial charge in [-0.1, -0.05) is 60.2 Å². The molecular formula is C20H23N5. The highest BCUT2D eigenvalue weighted by atomic mass is 15.5.